The van der Waals surface area contributed by atoms with Gasteiger partial charge < -0.3 is 14.2 Å². The Morgan fingerprint density at radius 3 is 2.79 bits per heavy atom. The molecule has 0 saturated carbocycles. The topological polar surface area (TPSA) is 106 Å². The molecule has 0 saturated heterocycles. The van der Waals surface area contributed by atoms with Crippen LogP contribution in [0.15, 0.2) is 36.5 Å². The van der Waals surface area contributed by atoms with E-state index in [1.807, 2.05) is 25.1 Å². The van der Waals surface area contributed by atoms with E-state index in [0.29, 0.717) is 36.2 Å². The van der Waals surface area contributed by atoms with Gasteiger partial charge in [0.05, 0.1) is 18.8 Å². The standard InChI is InChI=1S/C20H21N5O3/c1-13-10-16(6-7-22-13)20-23-19(24-25-20)15-4-5-18(17(11-15)12-21)28-14(2)27-9-8-26-3/h4-7,10-11,14H,8-9H2,1-3H3,(H,23,24,25). The minimum Gasteiger partial charge on any atom is -0.464 e. The van der Waals surface area contributed by atoms with Gasteiger partial charge in [0.2, 0.25) is 0 Å². The zero-order valence-corrected chi connectivity index (χ0v) is 16.0. The van der Waals surface area contributed by atoms with Crippen molar-refractivity contribution in [3.63, 3.8) is 0 Å². The fraction of sp³-hybridized carbons (Fsp3) is 0.300. The third-order valence-corrected chi connectivity index (χ3v) is 3.95. The molecule has 1 aromatic carbocycles. The predicted octanol–water partition coefficient (Wildman–Crippen LogP) is 3.10. The van der Waals surface area contributed by atoms with Crippen molar-refractivity contribution in [2.75, 3.05) is 20.3 Å². The molecule has 1 atom stereocenters. The van der Waals surface area contributed by atoms with Gasteiger partial charge in [-0.3, -0.25) is 10.1 Å². The summed E-state index contributed by atoms with van der Waals surface area (Å²) in [6, 6.07) is 11.2. The minimum atomic E-state index is -0.500. The van der Waals surface area contributed by atoms with Crippen LogP contribution >= 0.6 is 0 Å². The molecular weight excluding hydrogens is 358 g/mol. The summed E-state index contributed by atoms with van der Waals surface area (Å²) in [5.74, 6) is 1.58. The van der Waals surface area contributed by atoms with Crippen LogP contribution in [0.1, 0.15) is 18.2 Å². The Balaban J connectivity index is 1.78. The van der Waals surface area contributed by atoms with E-state index in [4.69, 9.17) is 14.2 Å². The number of methoxy groups -OCH3 is 1. The van der Waals surface area contributed by atoms with Gasteiger partial charge in [-0.15, -0.1) is 0 Å². The molecule has 1 unspecified atom stereocenters. The van der Waals surface area contributed by atoms with Crippen LogP contribution < -0.4 is 4.74 Å². The van der Waals surface area contributed by atoms with Crippen LogP contribution in [-0.2, 0) is 9.47 Å². The normalized spacial score (nSPS) is 11.8. The van der Waals surface area contributed by atoms with Crippen LogP contribution in [0.3, 0.4) is 0 Å². The van der Waals surface area contributed by atoms with Crippen molar-refractivity contribution in [3.05, 3.63) is 47.8 Å². The smallest absolute Gasteiger partial charge is 0.197 e. The van der Waals surface area contributed by atoms with Crippen LogP contribution in [0.25, 0.3) is 22.8 Å². The summed E-state index contributed by atoms with van der Waals surface area (Å²) in [4.78, 5) is 8.70. The Morgan fingerprint density at radius 1 is 1.18 bits per heavy atom. The lowest BCUT2D eigenvalue weighted by Gasteiger charge is -2.16. The Bertz CT molecular complexity index is 980. The lowest BCUT2D eigenvalue weighted by molar-refractivity contribution is -0.0797. The molecule has 0 aliphatic rings. The summed E-state index contributed by atoms with van der Waals surface area (Å²) in [5, 5.41) is 16.7. The summed E-state index contributed by atoms with van der Waals surface area (Å²) in [6.07, 6.45) is 1.22. The number of ether oxygens (including phenoxy) is 3. The fourth-order valence-electron chi connectivity index (χ4n) is 2.58. The van der Waals surface area contributed by atoms with Crippen molar-refractivity contribution in [1.29, 1.82) is 5.26 Å². The van der Waals surface area contributed by atoms with Crippen molar-refractivity contribution in [3.8, 4) is 34.6 Å². The summed E-state index contributed by atoms with van der Waals surface area (Å²) in [6.45, 7) is 4.56. The Kier molecular flexibility index (Phi) is 6.32. The monoisotopic (exact) mass is 379 g/mol. The molecule has 3 aromatic rings. The first-order valence-corrected chi connectivity index (χ1v) is 8.78. The maximum absolute atomic E-state index is 9.49. The third kappa shape index (κ3) is 4.71. The number of H-pyrrole nitrogens is 1. The van der Waals surface area contributed by atoms with E-state index >= 15 is 0 Å². The number of benzene rings is 1. The molecule has 8 nitrogen and oxygen atoms in total. The van der Waals surface area contributed by atoms with Gasteiger partial charge in [-0.1, -0.05) is 0 Å². The summed E-state index contributed by atoms with van der Waals surface area (Å²) < 4.78 is 16.1. The van der Waals surface area contributed by atoms with Gasteiger partial charge in [0, 0.05) is 30.1 Å². The quantitative estimate of drug-likeness (QED) is 0.473. The van der Waals surface area contributed by atoms with E-state index in [2.05, 4.69) is 26.2 Å². The van der Waals surface area contributed by atoms with E-state index in [1.54, 1.807) is 32.4 Å². The molecule has 0 bridgehead atoms. The number of pyridine rings is 1. The van der Waals surface area contributed by atoms with Crippen LogP contribution in [0.2, 0.25) is 0 Å². The molecule has 144 valence electrons. The zero-order valence-electron chi connectivity index (χ0n) is 16.0. The highest BCUT2D eigenvalue weighted by Crippen LogP contribution is 2.26. The maximum atomic E-state index is 9.49. The minimum absolute atomic E-state index is 0.386. The fourth-order valence-corrected chi connectivity index (χ4v) is 2.58. The van der Waals surface area contributed by atoms with Crippen molar-refractivity contribution < 1.29 is 14.2 Å². The molecule has 0 amide bonds. The summed E-state index contributed by atoms with van der Waals surface area (Å²) >= 11 is 0. The molecule has 0 spiro atoms. The number of hydrogen-bond acceptors (Lipinski definition) is 7. The average Bonchev–Trinajstić information content (AvgIpc) is 3.19. The molecule has 28 heavy (non-hydrogen) atoms. The van der Waals surface area contributed by atoms with E-state index in [0.717, 1.165) is 16.8 Å². The zero-order chi connectivity index (χ0) is 19.9. The van der Waals surface area contributed by atoms with Crippen molar-refractivity contribution in [1.82, 2.24) is 20.2 Å². The Hall–Kier alpha value is -3.28. The number of nitriles is 1. The van der Waals surface area contributed by atoms with Crippen molar-refractivity contribution >= 4 is 0 Å². The third-order valence-electron chi connectivity index (χ3n) is 3.95. The second-order valence-electron chi connectivity index (χ2n) is 6.07. The van der Waals surface area contributed by atoms with E-state index in [1.165, 1.54) is 0 Å². The highest BCUT2D eigenvalue weighted by atomic mass is 16.7. The van der Waals surface area contributed by atoms with Gasteiger partial charge in [-0.05, 0) is 44.2 Å². The van der Waals surface area contributed by atoms with Gasteiger partial charge in [0.1, 0.15) is 11.8 Å². The van der Waals surface area contributed by atoms with Crippen LogP contribution in [0.4, 0.5) is 0 Å². The number of hydrogen-bond donors (Lipinski definition) is 1. The number of aromatic amines is 1. The summed E-state index contributed by atoms with van der Waals surface area (Å²) in [7, 11) is 1.60. The molecule has 2 heterocycles. The highest BCUT2D eigenvalue weighted by molar-refractivity contribution is 5.64. The van der Waals surface area contributed by atoms with Gasteiger partial charge in [0.25, 0.3) is 0 Å². The van der Waals surface area contributed by atoms with Gasteiger partial charge >= 0.3 is 0 Å². The molecule has 0 fully saturated rings. The van der Waals surface area contributed by atoms with Crippen LogP contribution in [-0.4, -0.2) is 46.8 Å². The summed E-state index contributed by atoms with van der Waals surface area (Å²) in [5.41, 5.74) is 2.88. The Morgan fingerprint density at radius 2 is 2.04 bits per heavy atom. The highest BCUT2D eigenvalue weighted by Gasteiger charge is 2.13. The van der Waals surface area contributed by atoms with Crippen molar-refractivity contribution in [2.24, 2.45) is 0 Å². The second-order valence-corrected chi connectivity index (χ2v) is 6.07. The van der Waals surface area contributed by atoms with E-state index in [9.17, 15) is 5.26 Å². The molecular formula is C20H21N5O3. The van der Waals surface area contributed by atoms with E-state index < -0.39 is 6.29 Å². The Labute approximate surface area is 163 Å². The van der Waals surface area contributed by atoms with Gasteiger partial charge in [0.15, 0.2) is 17.9 Å². The maximum Gasteiger partial charge on any atom is 0.197 e. The van der Waals surface area contributed by atoms with Gasteiger partial charge in [-0.25, -0.2) is 4.98 Å². The molecule has 1 N–H and O–H groups in total. The molecule has 2 aromatic heterocycles. The number of aromatic nitrogens is 4. The first kappa shape index (κ1) is 19.5. The van der Waals surface area contributed by atoms with Crippen LogP contribution in [0.5, 0.6) is 5.75 Å². The molecule has 0 aliphatic carbocycles. The molecule has 8 heteroatoms. The SMILES string of the molecule is COCCOC(C)Oc1ccc(-c2nc(-c3ccnc(C)c3)n[nH]2)cc1C#N. The first-order valence-electron chi connectivity index (χ1n) is 8.78. The van der Waals surface area contributed by atoms with Crippen molar-refractivity contribution in [2.45, 2.75) is 20.1 Å². The second kappa shape index (κ2) is 9.08. The molecule has 0 radical (unpaired) electrons. The van der Waals surface area contributed by atoms with E-state index in [-0.39, 0.29) is 0 Å². The number of nitrogens with zero attached hydrogens (tertiary/aromatic N) is 4. The van der Waals surface area contributed by atoms with Crippen LogP contribution in [0, 0.1) is 18.3 Å². The number of nitrogens with one attached hydrogen (secondary N) is 1. The molecule has 0 aliphatic heterocycles. The largest absolute Gasteiger partial charge is 0.464 e. The average molecular weight is 379 g/mol. The number of rotatable bonds is 8. The van der Waals surface area contributed by atoms with Gasteiger partial charge in [-0.2, -0.15) is 10.4 Å². The first-order chi connectivity index (χ1) is 13.6. The number of aryl methyl sites for hydroxylation is 1. The lowest BCUT2D eigenvalue weighted by atomic mass is 10.1. The molecule has 3 rings (SSSR count). The predicted molar refractivity (Wildman–Crippen MR) is 102 cm³/mol. The lowest BCUT2D eigenvalue weighted by Crippen LogP contribution is -2.19.